The number of aryl methyl sites for hydroxylation is 2. The summed E-state index contributed by atoms with van der Waals surface area (Å²) in [6.07, 6.45) is -1.99. The molecular weight excluding hydrogens is 365 g/mol. The molecule has 0 saturated heterocycles. The predicted molar refractivity (Wildman–Crippen MR) is 88.0 cm³/mol. The van der Waals surface area contributed by atoms with Gasteiger partial charge in [-0.25, -0.2) is 9.50 Å². The highest BCUT2D eigenvalue weighted by atomic mass is 19.4. The minimum Gasteiger partial charge on any atom is -0.382 e. The van der Waals surface area contributed by atoms with Crippen LogP contribution in [0, 0.1) is 6.92 Å². The van der Waals surface area contributed by atoms with Crippen molar-refractivity contribution in [3.8, 4) is 0 Å². The number of nitrogens with zero attached hydrogens (tertiary/aromatic N) is 5. The third kappa shape index (κ3) is 3.63. The van der Waals surface area contributed by atoms with E-state index >= 15 is 0 Å². The zero-order valence-corrected chi connectivity index (χ0v) is 14.8. The fourth-order valence-corrected chi connectivity index (χ4v) is 2.78. The zero-order valence-electron chi connectivity index (χ0n) is 14.8. The van der Waals surface area contributed by atoms with Gasteiger partial charge in [0.2, 0.25) is 0 Å². The highest BCUT2D eigenvalue weighted by molar-refractivity contribution is 5.99. The summed E-state index contributed by atoms with van der Waals surface area (Å²) in [5, 5.41) is 10.5. The molecule has 0 saturated carbocycles. The lowest BCUT2D eigenvalue weighted by Crippen LogP contribution is -2.32. The van der Waals surface area contributed by atoms with Gasteiger partial charge in [0.1, 0.15) is 11.3 Å². The molecule has 0 unspecified atom stereocenters. The first-order valence-corrected chi connectivity index (χ1v) is 7.92. The molecule has 0 aliphatic heterocycles. The summed E-state index contributed by atoms with van der Waals surface area (Å²) in [6, 6.07) is 2.05. The smallest absolute Gasteiger partial charge is 0.382 e. The number of alkyl halides is 3. The Kier molecular flexibility index (Phi) is 4.87. The summed E-state index contributed by atoms with van der Waals surface area (Å²) in [7, 11) is 3.19. The van der Waals surface area contributed by atoms with E-state index in [1.165, 1.54) is 14.0 Å². The van der Waals surface area contributed by atoms with Crippen molar-refractivity contribution in [3.63, 3.8) is 0 Å². The fraction of sp³-hybridized carbons (Fsp3) is 0.375. The molecule has 3 aromatic heterocycles. The molecule has 3 aromatic rings. The third-order valence-corrected chi connectivity index (χ3v) is 3.99. The fourth-order valence-electron chi connectivity index (χ4n) is 2.78. The van der Waals surface area contributed by atoms with Crippen LogP contribution in [-0.2, 0) is 18.0 Å². The molecule has 3 heterocycles. The minimum atomic E-state index is -4.63. The molecule has 3 rings (SSSR count). The summed E-state index contributed by atoms with van der Waals surface area (Å²) >= 11 is 0. The Labute approximate surface area is 151 Å². The molecule has 8 nitrogen and oxygen atoms in total. The number of fused-ring (bicyclic) bond motifs is 1. The van der Waals surface area contributed by atoms with E-state index in [1.807, 2.05) is 0 Å². The Balaban J connectivity index is 1.98. The summed E-state index contributed by atoms with van der Waals surface area (Å²) in [5.41, 5.74) is -0.413. The predicted octanol–water partition coefficient (Wildman–Crippen LogP) is 1.91. The maximum absolute atomic E-state index is 13.2. The Morgan fingerprint density at radius 2 is 2.11 bits per heavy atom. The van der Waals surface area contributed by atoms with Gasteiger partial charge in [-0.1, -0.05) is 0 Å². The van der Waals surface area contributed by atoms with Gasteiger partial charge < -0.3 is 10.1 Å². The monoisotopic (exact) mass is 382 g/mol. The SMILES string of the molecule is COC[C@@H](NC(=O)c1cnn2c(C(F)(F)F)cc(C)nc12)c1ccnn1C. The lowest BCUT2D eigenvalue weighted by atomic mass is 10.2. The lowest BCUT2D eigenvalue weighted by molar-refractivity contribution is -0.142. The Bertz CT molecular complexity index is 978. The van der Waals surface area contributed by atoms with Crippen LogP contribution in [0.5, 0.6) is 0 Å². The highest BCUT2D eigenvalue weighted by Crippen LogP contribution is 2.30. The van der Waals surface area contributed by atoms with Gasteiger partial charge in [-0.05, 0) is 19.1 Å². The van der Waals surface area contributed by atoms with E-state index in [0.717, 1.165) is 12.3 Å². The van der Waals surface area contributed by atoms with Crippen LogP contribution in [-0.4, -0.2) is 44.0 Å². The molecule has 0 fully saturated rings. The molecule has 0 radical (unpaired) electrons. The number of hydrogen-bond acceptors (Lipinski definition) is 5. The first-order chi connectivity index (χ1) is 12.7. The standard InChI is InChI=1S/C16H17F3N6O2/c1-9-6-13(16(17,18)19)25-14(22-9)10(7-21-25)15(26)23-11(8-27-3)12-4-5-20-24(12)2/h4-7,11H,8H2,1-3H3,(H,23,26)/t11-/m1/s1. The van der Waals surface area contributed by atoms with Crippen molar-refractivity contribution in [2.24, 2.45) is 7.05 Å². The number of halogens is 3. The van der Waals surface area contributed by atoms with Crippen LogP contribution in [0.1, 0.15) is 33.5 Å². The molecule has 1 amide bonds. The second kappa shape index (κ2) is 6.99. The number of carbonyl (C=O) groups is 1. The summed E-state index contributed by atoms with van der Waals surface area (Å²) in [5.74, 6) is -0.612. The minimum absolute atomic E-state index is 0.0625. The third-order valence-electron chi connectivity index (χ3n) is 3.99. The van der Waals surface area contributed by atoms with E-state index in [9.17, 15) is 18.0 Å². The summed E-state index contributed by atoms with van der Waals surface area (Å²) < 4.78 is 47.0. The van der Waals surface area contributed by atoms with Crippen molar-refractivity contribution in [1.29, 1.82) is 0 Å². The molecule has 11 heteroatoms. The highest BCUT2D eigenvalue weighted by Gasteiger charge is 2.35. The molecule has 1 N–H and O–H groups in total. The molecular formula is C16H17F3N6O2. The van der Waals surface area contributed by atoms with Gasteiger partial charge in [0, 0.05) is 26.0 Å². The van der Waals surface area contributed by atoms with Gasteiger partial charge in [-0.3, -0.25) is 9.48 Å². The number of aromatic nitrogens is 5. The van der Waals surface area contributed by atoms with E-state index in [2.05, 4.69) is 20.5 Å². The van der Waals surface area contributed by atoms with Crippen molar-refractivity contribution in [1.82, 2.24) is 29.7 Å². The Morgan fingerprint density at radius 1 is 1.37 bits per heavy atom. The van der Waals surface area contributed by atoms with Crippen molar-refractivity contribution in [2.45, 2.75) is 19.1 Å². The number of ether oxygens (including phenoxy) is 1. The Morgan fingerprint density at radius 3 is 2.70 bits per heavy atom. The van der Waals surface area contributed by atoms with Crippen LogP contribution >= 0.6 is 0 Å². The topological polar surface area (TPSA) is 86.3 Å². The molecule has 0 aromatic carbocycles. The average Bonchev–Trinajstić information content (AvgIpc) is 3.18. The van der Waals surface area contributed by atoms with E-state index in [0.29, 0.717) is 10.2 Å². The molecule has 0 spiro atoms. The quantitative estimate of drug-likeness (QED) is 0.729. The molecule has 144 valence electrons. The van der Waals surface area contributed by atoms with Gasteiger partial charge in [0.05, 0.1) is 24.5 Å². The number of nitrogens with one attached hydrogen (secondary N) is 1. The molecule has 0 aliphatic carbocycles. The maximum Gasteiger partial charge on any atom is 0.433 e. The number of rotatable bonds is 5. The normalized spacial score (nSPS) is 13.1. The Hall–Kier alpha value is -2.95. The number of carbonyl (C=O) groups excluding carboxylic acids is 1. The van der Waals surface area contributed by atoms with Gasteiger partial charge >= 0.3 is 6.18 Å². The lowest BCUT2D eigenvalue weighted by Gasteiger charge is -2.18. The largest absolute Gasteiger partial charge is 0.433 e. The molecule has 0 bridgehead atoms. The van der Waals surface area contributed by atoms with Crippen molar-refractivity contribution < 1.29 is 22.7 Å². The maximum atomic E-state index is 13.2. The second-order valence-corrected chi connectivity index (χ2v) is 5.94. The van der Waals surface area contributed by atoms with E-state index in [-0.39, 0.29) is 23.5 Å². The van der Waals surface area contributed by atoms with Gasteiger partial charge in [-0.15, -0.1) is 0 Å². The number of hydrogen-bond donors (Lipinski definition) is 1. The van der Waals surface area contributed by atoms with Crippen molar-refractivity contribution in [2.75, 3.05) is 13.7 Å². The van der Waals surface area contributed by atoms with Crippen molar-refractivity contribution >= 4 is 11.6 Å². The van der Waals surface area contributed by atoms with Crippen LogP contribution in [0.3, 0.4) is 0 Å². The number of amides is 1. The van der Waals surface area contributed by atoms with E-state index in [4.69, 9.17) is 4.74 Å². The first kappa shape index (κ1) is 18.8. The average molecular weight is 382 g/mol. The van der Waals surface area contributed by atoms with Crippen LogP contribution in [0.15, 0.2) is 24.5 Å². The second-order valence-electron chi connectivity index (χ2n) is 5.94. The van der Waals surface area contributed by atoms with Crippen LogP contribution in [0.2, 0.25) is 0 Å². The zero-order chi connectivity index (χ0) is 19.8. The first-order valence-electron chi connectivity index (χ1n) is 7.92. The van der Waals surface area contributed by atoms with Crippen LogP contribution in [0.25, 0.3) is 5.65 Å². The summed E-state index contributed by atoms with van der Waals surface area (Å²) in [6.45, 7) is 1.58. The van der Waals surface area contributed by atoms with Crippen molar-refractivity contribution in [3.05, 3.63) is 47.2 Å². The molecule has 0 aliphatic rings. The molecule has 1 atom stereocenters. The van der Waals surface area contributed by atoms with Gasteiger partial charge in [0.25, 0.3) is 5.91 Å². The molecule has 27 heavy (non-hydrogen) atoms. The van der Waals surface area contributed by atoms with Crippen LogP contribution in [0.4, 0.5) is 13.2 Å². The van der Waals surface area contributed by atoms with Gasteiger partial charge in [0.15, 0.2) is 5.65 Å². The van der Waals surface area contributed by atoms with E-state index < -0.39 is 23.8 Å². The van der Waals surface area contributed by atoms with Crippen LogP contribution < -0.4 is 5.32 Å². The van der Waals surface area contributed by atoms with Gasteiger partial charge in [-0.2, -0.15) is 23.4 Å². The summed E-state index contributed by atoms with van der Waals surface area (Å²) in [4.78, 5) is 16.8. The van der Waals surface area contributed by atoms with E-state index in [1.54, 1.807) is 24.0 Å². The number of methoxy groups -OCH3 is 1.